The molecule has 12 nitrogen and oxygen atoms in total. The Kier molecular flexibility index (Phi) is 21.3. The fourth-order valence-corrected chi connectivity index (χ4v) is 4.83. The standard InChI is InChI=1S/3C9H5Cl3N4.3ClH/c3*10-5-3-1-2-4-6(5)13-9-15-7(11)14-8(12)16-9;;;/h3*1-4H,(H,13,14,15,16);3*1H. The summed E-state index contributed by atoms with van der Waals surface area (Å²) in [6.07, 6.45) is 0. The molecule has 3 N–H and O–H groups in total. The van der Waals surface area contributed by atoms with Gasteiger partial charge in [-0.05, 0) is 106 Å². The topological polar surface area (TPSA) is 152 Å². The van der Waals surface area contributed by atoms with Crippen LogP contribution in [0.1, 0.15) is 0 Å². The van der Waals surface area contributed by atoms with E-state index in [9.17, 15) is 0 Å². The first-order valence-corrected chi connectivity index (χ1v) is 16.1. The van der Waals surface area contributed by atoms with Crippen LogP contribution in [0, 0.1) is 0 Å². The third-order valence-electron chi connectivity index (χ3n) is 5.10. The van der Waals surface area contributed by atoms with Gasteiger partial charge in [-0.3, -0.25) is 0 Å². The fraction of sp³-hybridized carbons (Fsp3) is 0. The molecule has 0 fully saturated rings. The van der Waals surface area contributed by atoms with E-state index in [0.29, 0.717) is 32.1 Å². The van der Waals surface area contributed by atoms with Gasteiger partial charge in [0.25, 0.3) is 0 Å². The van der Waals surface area contributed by atoms with Crippen LogP contribution in [0.25, 0.3) is 0 Å². The molecule has 0 aliphatic rings. The Labute approximate surface area is 354 Å². The van der Waals surface area contributed by atoms with Crippen LogP contribution in [0.3, 0.4) is 0 Å². The van der Waals surface area contributed by atoms with Crippen LogP contribution in [0.15, 0.2) is 72.8 Å². The van der Waals surface area contributed by atoms with Crippen molar-refractivity contribution in [3.05, 3.63) is 120 Å². The van der Waals surface area contributed by atoms with Crippen molar-refractivity contribution in [2.24, 2.45) is 0 Å². The molecule has 0 spiro atoms. The molecule has 0 saturated carbocycles. The van der Waals surface area contributed by atoms with Gasteiger partial charge < -0.3 is 16.0 Å². The van der Waals surface area contributed by atoms with Crippen molar-refractivity contribution in [2.75, 3.05) is 16.0 Å². The Hall–Kier alpha value is -2.43. The van der Waals surface area contributed by atoms with E-state index < -0.39 is 0 Å². The van der Waals surface area contributed by atoms with Gasteiger partial charge in [-0.25, -0.2) is 0 Å². The molecule has 0 aliphatic carbocycles. The molecule has 6 rings (SSSR count). The summed E-state index contributed by atoms with van der Waals surface area (Å²) < 4.78 is 0. The Balaban J connectivity index is 0.000000372. The molecular formula is C27H18Cl12N12. The molecule has 3 aromatic heterocycles. The molecule has 3 heterocycles. The van der Waals surface area contributed by atoms with E-state index in [1.165, 1.54) is 0 Å². The lowest BCUT2D eigenvalue weighted by Crippen LogP contribution is -1.99. The second-order valence-corrected chi connectivity index (χ2v) is 11.7. The van der Waals surface area contributed by atoms with E-state index in [4.69, 9.17) is 104 Å². The summed E-state index contributed by atoms with van der Waals surface area (Å²) in [4.78, 5) is 34.1. The molecule has 0 atom stereocenters. The number of hydrogen-bond donors (Lipinski definition) is 3. The minimum Gasteiger partial charge on any atom is -0.323 e. The van der Waals surface area contributed by atoms with Crippen LogP contribution in [0.5, 0.6) is 0 Å². The first kappa shape index (κ1) is 46.6. The molecule has 0 unspecified atom stereocenters. The highest BCUT2D eigenvalue weighted by atomic mass is 35.5. The van der Waals surface area contributed by atoms with Crippen LogP contribution in [0.2, 0.25) is 46.8 Å². The first-order chi connectivity index (χ1) is 22.9. The van der Waals surface area contributed by atoms with E-state index in [1.807, 2.05) is 36.4 Å². The van der Waals surface area contributed by atoms with Gasteiger partial charge in [0.2, 0.25) is 49.5 Å². The minimum absolute atomic E-state index is 0. The van der Waals surface area contributed by atoms with E-state index >= 15 is 0 Å². The number of nitrogens with zero attached hydrogens (tertiary/aromatic N) is 9. The van der Waals surface area contributed by atoms with Gasteiger partial charge in [-0.15, -0.1) is 37.2 Å². The number of para-hydroxylation sites is 3. The van der Waals surface area contributed by atoms with Crippen molar-refractivity contribution in [3.8, 4) is 0 Å². The van der Waals surface area contributed by atoms with E-state index in [-0.39, 0.29) is 86.8 Å². The maximum absolute atomic E-state index is 5.95. The average molecular weight is 936 g/mol. The van der Waals surface area contributed by atoms with E-state index in [0.717, 1.165) is 0 Å². The molecule has 270 valence electrons. The quantitative estimate of drug-likeness (QED) is 0.146. The second kappa shape index (κ2) is 23.3. The van der Waals surface area contributed by atoms with E-state index in [2.05, 4.69) is 60.8 Å². The predicted octanol–water partition coefficient (Wildman–Crippen LogP) is 12.0. The number of rotatable bonds is 6. The summed E-state index contributed by atoms with van der Waals surface area (Å²) in [5.74, 6) is 0.745. The van der Waals surface area contributed by atoms with Crippen LogP contribution in [-0.2, 0) is 0 Å². The predicted molar refractivity (Wildman–Crippen MR) is 215 cm³/mol. The van der Waals surface area contributed by atoms with Gasteiger partial charge in [0.15, 0.2) is 0 Å². The van der Waals surface area contributed by atoms with Crippen LogP contribution < -0.4 is 16.0 Å². The number of anilines is 6. The highest BCUT2D eigenvalue weighted by Gasteiger charge is 2.07. The minimum atomic E-state index is 0. The highest BCUT2D eigenvalue weighted by molar-refractivity contribution is 6.34. The largest absolute Gasteiger partial charge is 0.323 e. The molecule has 24 heteroatoms. The zero-order valence-corrected chi connectivity index (χ0v) is 33.8. The summed E-state index contributed by atoms with van der Waals surface area (Å²) in [6.45, 7) is 0. The zero-order chi connectivity index (χ0) is 34.6. The van der Waals surface area contributed by atoms with Crippen molar-refractivity contribution < 1.29 is 0 Å². The molecular weight excluding hydrogens is 918 g/mol. The smallest absolute Gasteiger partial charge is 0.232 e. The molecule has 0 bridgehead atoms. The third kappa shape index (κ3) is 16.0. The normalized spacial score (nSPS) is 9.59. The van der Waals surface area contributed by atoms with Gasteiger partial charge in [0.1, 0.15) is 0 Å². The van der Waals surface area contributed by atoms with Crippen molar-refractivity contribution in [1.29, 1.82) is 0 Å². The molecule has 6 aromatic rings. The number of benzene rings is 3. The summed E-state index contributed by atoms with van der Waals surface area (Å²) >= 11 is 51.7. The Bertz CT molecular complexity index is 1730. The van der Waals surface area contributed by atoms with Crippen molar-refractivity contribution in [2.45, 2.75) is 0 Å². The van der Waals surface area contributed by atoms with Crippen LogP contribution in [0.4, 0.5) is 34.9 Å². The SMILES string of the molecule is Cl.Cl.Cl.Clc1nc(Cl)nc(Nc2ccccc2Cl)n1.Clc1nc(Cl)nc(Nc2ccccc2Cl)n1.Clc1nc(Cl)nc(Nc2ccccc2Cl)n1. The molecule has 51 heavy (non-hydrogen) atoms. The van der Waals surface area contributed by atoms with Crippen molar-refractivity contribution in [3.63, 3.8) is 0 Å². The monoisotopic (exact) mass is 930 g/mol. The summed E-state index contributed by atoms with van der Waals surface area (Å²) in [7, 11) is 0. The van der Waals surface area contributed by atoms with Gasteiger partial charge in [-0.1, -0.05) is 71.2 Å². The number of aromatic nitrogens is 9. The Morgan fingerprint density at radius 3 is 0.686 bits per heavy atom. The lowest BCUT2D eigenvalue weighted by atomic mass is 10.3. The maximum atomic E-state index is 5.95. The molecule has 0 aliphatic heterocycles. The van der Waals surface area contributed by atoms with Gasteiger partial charge in [0.05, 0.1) is 32.1 Å². The zero-order valence-electron chi connectivity index (χ0n) is 24.6. The highest BCUT2D eigenvalue weighted by Crippen LogP contribution is 2.26. The number of hydrogen-bond acceptors (Lipinski definition) is 12. The van der Waals surface area contributed by atoms with Crippen LogP contribution >= 0.6 is 142 Å². The lowest BCUT2D eigenvalue weighted by Gasteiger charge is -2.06. The maximum Gasteiger partial charge on any atom is 0.232 e. The van der Waals surface area contributed by atoms with Gasteiger partial charge in [-0.2, -0.15) is 44.9 Å². The van der Waals surface area contributed by atoms with Gasteiger partial charge >= 0.3 is 0 Å². The summed E-state index contributed by atoms with van der Waals surface area (Å²) in [6, 6.07) is 21.5. The van der Waals surface area contributed by atoms with Gasteiger partial charge in [0, 0.05) is 0 Å². The second-order valence-electron chi connectivity index (χ2n) is 8.41. The third-order valence-corrected chi connectivity index (χ3v) is 7.11. The average Bonchev–Trinajstić information content (AvgIpc) is 3.00. The fourth-order valence-electron chi connectivity index (χ4n) is 3.19. The molecule has 0 saturated heterocycles. The molecule has 0 radical (unpaired) electrons. The summed E-state index contributed by atoms with van der Waals surface area (Å²) in [5.41, 5.74) is 2.01. The van der Waals surface area contributed by atoms with Crippen molar-refractivity contribution >= 4 is 177 Å². The first-order valence-electron chi connectivity index (χ1n) is 12.7. The lowest BCUT2D eigenvalue weighted by molar-refractivity contribution is 1.05. The Morgan fingerprint density at radius 2 is 0.490 bits per heavy atom. The van der Waals surface area contributed by atoms with E-state index in [1.54, 1.807) is 36.4 Å². The number of halogens is 12. The van der Waals surface area contributed by atoms with Crippen molar-refractivity contribution in [1.82, 2.24) is 44.9 Å². The number of nitrogens with one attached hydrogen (secondary N) is 3. The molecule has 3 aromatic carbocycles. The molecule has 0 amide bonds. The summed E-state index contributed by atoms with van der Waals surface area (Å²) in [5, 5.41) is 10.5. The van der Waals surface area contributed by atoms with Crippen LogP contribution in [-0.4, -0.2) is 44.9 Å². The Morgan fingerprint density at radius 1 is 0.294 bits per heavy atom.